The first-order valence-electron chi connectivity index (χ1n) is 5.69. The summed E-state index contributed by atoms with van der Waals surface area (Å²) in [5.41, 5.74) is 0. The van der Waals surface area contributed by atoms with Crippen molar-refractivity contribution in [2.45, 2.75) is 53.6 Å². The Morgan fingerprint density at radius 2 is 1.33 bits per heavy atom. The monoisotopic (exact) mass is 298 g/mol. The van der Waals surface area contributed by atoms with Crippen molar-refractivity contribution in [2.75, 3.05) is 19.6 Å². The van der Waals surface area contributed by atoms with E-state index < -0.39 is 0 Å². The second-order valence-electron chi connectivity index (χ2n) is 3.78. The first-order chi connectivity index (χ1) is 6.51. The van der Waals surface area contributed by atoms with Gasteiger partial charge in [-0.15, -0.1) is 6.54 Å². The Bertz CT molecular complexity index is 95.8. The molecule has 15 heavy (non-hydrogen) atoms. The van der Waals surface area contributed by atoms with Crippen LogP contribution in [0.1, 0.15) is 41.5 Å². The molecule has 0 N–H and O–H groups in total. The Balaban J connectivity index is -0.000000208. The maximum atomic E-state index is 3.97. The molecule has 3 heteroatoms. The Hall–Kier alpha value is 0.608. The Morgan fingerprint density at radius 3 is 1.33 bits per heavy atom. The van der Waals surface area contributed by atoms with Crippen LogP contribution in [0.4, 0.5) is 0 Å². The average molecular weight is 296 g/mol. The number of nitrogens with zero attached hydrogens (tertiary/aromatic N) is 2. The Kier molecular flexibility index (Phi) is 20.4. The second-order valence-corrected chi connectivity index (χ2v) is 3.78. The molecule has 0 aliphatic rings. The normalized spacial score (nSPS) is 10.0. The van der Waals surface area contributed by atoms with Crippen LogP contribution in [0.5, 0.6) is 0 Å². The quantitative estimate of drug-likeness (QED) is 0.562. The Labute approximate surface area is 111 Å². The standard InChI is InChI=1S/C8H18N.C4H10N.Mo/c1-6-9(7(2)3)8(4)5;1-3-5-4-2;/h7-8H,1,6H2,2-5H3;3-4H2,1-2H3;/q2*-1;+2. The molecular formula is C12H28MoN2. The molecule has 0 saturated carbocycles. The van der Waals surface area contributed by atoms with Crippen LogP contribution in [0.25, 0.3) is 5.32 Å². The molecule has 0 saturated heterocycles. The summed E-state index contributed by atoms with van der Waals surface area (Å²) in [7, 11) is 0. The van der Waals surface area contributed by atoms with Gasteiger partial charge in [0.1, 0.15) is 0 Å². The van der Waals surface area contributed by atoms with Gasteiger partial charge in [0.25, 0.3) is 0 Å². The fourth-order valence-electron chi connectivity index (χ4n) is 1.34. The minimum atomic E-state index is 0. The van der Waals surface area contributed by atoms with E-state index in [4.69, 9.17) is 0 Å². The predicted molar refractivity (Wildman–Crippen MR) is 66.8 cm³/mol. The van der Waals surface area contributed by atoms with Crippen LogP contribution in [-0.4, -0.2) is 36.6 Å². The zero-order chi connectivity index (χ0) is 11.6. The van der Waals surface area contributed by atoms with Crippen LogP contribution in [-0.2, 0) is 21.1 Å². The van der Waals surface area contributed by atoms with Gasteiger partial charge in [0.05, 0.1) is 0 Å². The molecule has 0 aromatic rings. The first kappa shape index (κ1) is 21.0. The molecule has 0 unspecified atom stereocenters. The van der Waals surface area contributed by atoms with Crippen LogP contribution in [0.2, 0.25) is 0 Å². The molecule has 0 spiro atoms. The van der Waals surface area contributed by atoms with E-state index in [1.54, 1.807) is 0 Å². The first-order valence-corrected chi connectivity index (χ1v) is 5.69. The van der Waals surface area contributed by atoms with E-state index in [1.807, 2.05) is 13.8 Å². The van der Waals surface area contributed by atoms with Crippen molar-refractivity contribution in [3.8, 4) is 0 Å². The number of rotatable bonds is 5. The molecule has 0 aromatic heterocycles. The second kappa shape index (κ2) is 14.6. The predicted octanol–water partition coefficient (Wildman–Crippen LogP) is 3.34. The molecule has 2 nitrogen and oxygen atoms in total. The Morgan fingerprint density at radius 1 is 1.00 bits per heavy atom. The molecule has 0 aliphatic carbocycles. The van der Waals surface area contributed by atoms with Crippen molar-refractivity contribution in [1.82, 2.24) is 4.90 Å². The summed E-state index contributed by atoms with van der Waals surface area (Å²) in [5.74, 6) is 0. The molecule has 0 amide bonds. The molecular weight excluding hydrogens is 268 g/mol. The summed E-state index contributed by atoms with van der Waals surface area (Å²) >= 11 is 0. The van der Waals surface area contributed by atoms with Gasteiger partial charge in [-0.2, -0.15) is 13.1 Å². The van der Waals surface area contributed by atoms with E-state index in [1.165, 1.54) is 0 Å². The number of hydrogen-bond acceptors (Lipinski definition) is 1. The molecule has 0 radical (unpaired) electrons. The molecule has 0 aliphatic heterocycles. The minimum Gasteiger partial charge on any atom is -0.663 e. The molecule has 92 valence electrons. The van der Waals surface area contributed by atoms with Crippen LogP contribution < -0.4 is 0 Å². The smallest absolute Gasteiger partial charge is 0.663 e. The summed E-state index contributed by atoms with van der Waals surface area (Å²) in [6.45, 7) is 19.6. The van der Waals surface area contributed by atoms with Crippen molar-refractivity contribution in [2.24, 2.45) is 0 Å². The van der Waals surface area contributed by atoms with E-state index >= 15 is 0 Å². The van der Waals surface area contributed by atoms with Gasteiger partial charge in [0, 0.05) is 12.1 Å². The summed E-state index contributed by atoms with van der Waals surface area (Å²) in [5, 5.41) is 3.97. The van der Waals surface area contributed by atoms with Crippen LogP contribution in [0.3, 0.4) is 0 Å². The van der Waals surface area contributed by atoms with Crippen LogP contribution in [0, 0.1) is 6.92 Å². The van der Waals surface area contributed by atoms with Gasteiger partial charge < -0.3 is 17.1 Å². The van der Waals surface area contributed by atoms with Crippen LogP contribution in [0.15, 0.2) is 0 Å². The van der Waals surface area contributed by atoms with Crippen LogP contribution >= 0.6 is 0 Å². The fraction of sp³-hybridized carbons (Fsp3) is 0.917. The summed E-state index contributed by atoms with van der Waals surface area (Å²) in [6.07, 6.45) is 0. The summed E-state index contributed by atoms with van der Waals surface area (Å²) in [4.78, 5) is 2.35. The fourth-order valence-corrected chi connectivity index (χ4v) is 1.34. The summed E-state index contributed by atoms with van der Waals surface area (Å²) < 4.78 is 0. The third kappa shape index (κ3) is 14.6. The van der Waals surface area contributed by atoms with E-state index in [0.29, 0.717) is 12.1 Å². The third-order valence-corrected chi connectivity index (χ3v) is 2.03. The SMILES string of the molecule is CC[N-]CC.[CH2-]CN(C(C)C)C(C)C.[Mo+2]. The molecule has 0 aromatic carbocycles. The van der Waals surface area contributed by atoms with E-state index in [9.17, 15) is 0 Å². The van der Waals surface area contributed by atoms with Gasteiger partial charge in [0.15, 0.2) is 0 Å². The molecule has 0 atom stereocenters. The van der Waals surface area contributed by atoms with Crippen molar-refractivity contribution in [3.05, 3.63) is 12.2 Å². The van der Waals surface area contributed by atoms with Gasteiger partial charge in [-0.25, -0.2) is 0 Å². The average Bonchev–Trinajstić information content (AvgIpc) is 2.06. The van der Waals surface area contributed by atoms with E-state index in [2.05, 4.69) is 44.8 Å². The maximum Gasteiger partial charge on any atom is 2.00 e. The minimum absolute atomic E-state index is 0. The maximum absolute atomic E-state index is 3.97. The molecule has 0 fully saturated rings. The van der Waals surface area contributed by atoms with E-state index in [0.717, 1.165) is 19.6 Å². The molecule has 0 heterocycles. The van der Waals surface area contributed by atoms with Crippen molar-refractivity contribution in [1.29, 1.82) is 0 Å². The number of hydrogen-bond donors (Lipinski definition) is 0. The topological polar surface area (TPSA) is 17.3 Å². The zero-order valence-electron chi connectivity index (χ0n) is 11.3. The van der Waals surface area contributed by atoms with Gasteiger partial charge in [0.2, 0.25) is 0 Å². The largest absolute Gasteiger partial charge is 2.00 e. The van der Waals surface area contributed by atoms with Crippen molar-refractivity contribution in [3.63, 3.8) is 0 Å². The molecule has 0 bridgehead atoms. The van der Waals surface area contributed by atoms with Crippen molar-refractivity contribution >= 4 is 0 Å². The summed E-state index contributed by atoms with van der Waals surface area (Å²) in [6, 6.07) is 1.25. The van der Waals surface area contributed by atoms with Gasteiger partial charge in [-0.05, 0) is 27.7 Å². The third-order valence-electron chi connectivity index (χ3n) is 2.03. The van der Waals surface area contributed by atoms with E-state index in [-0.39, 0.29) is 21.1 Å². The van der Waals surface area contributed by atoms with Gasteiger partial charge in [-0.3, -0.25) is 0 Å². The zero-order valence-corrected chi connectivity index (χ0v) is 13.3. The molecule has 0 rings (SSSR count). The van der Waals surface area contributed by atoms with Gasteiger partial charge >= 0.3 is 21.1 Å². The van der Waals surface area contributed by atoms with Gasteiger partial charge in [-0.1, -0.05) is 13.8 Å². The van der Waals surface area contributed by atoms with Crippen molar-refractivity contribution < 1.29 is 21.1 Å².